The number of likely N-dealkylation sites (N-methyl/N-ethyl adjacent to an activating group) is 1. The predicted molar refractivity (Wildman–Crippen MR) is 156 cm³/mol. The Bertz CT molecular complexity index is 1450. The Morgan fingerprint density at radius 1 is 0.975 bits per heavy atom. The average molecular weight is 578 g/mol. The molecule has 0 fully saturated rings. The van der Waals surface area contributed by atoms with Crippen LogP contribution in [0.5, 0.6) is 0 Å². The molecule has 2 heterocycles. The Balaban J connectivity index is 1.38. The number of hydrogen-bond acceptors (Lipinski definition) is 3. The van der Waals surface area contributed by atoms with Crippen LogP contribution in [0.4, 0.5) is 4.79 Å². The minimum Gasteiger partial charge on any atom is -0.337 e. The van der Waals surface area contributed by atoms with Gasteiger partial charge in [0.1, 0.15) is 6.54 Å². The van der Waals surface area contributed by atoms with Gasteiger partial charge in [-0.1, -0.05) is 89.9 Å². The highest BCUT2D eigenvalue weighted by atomic mass is 35.5. The molecule has 9 heteroatoms. The van der Waals surface area contributed by atoms with Crippen LogP contribution in [0.2, 0.25) is 10.0 Å². The number of carbonyl (C=O) groups is 3. The fraction of sp³-hybridized carbons (Fsp3) is 0.258. The van der Waals surface area contributed by atoms with Crippen molar-refractivity contribution in [1.82, 2.24) is 20.0 Å². The fourth-order valence-corrected chi connectivity index (χ4v) is 5.76. The Labute approximate surface area is 244 Å². The van der Waals surface area contributed by atoms with E-state index in [0.29, 0.717) is 52.9 Å². The highest BCUT2D eigenvalue weighted by Crippen LogP contribution is 2.39. The maximum absolute atomic E-state index is 13.8. The number of nitrogens with one attached hydrogen (secondary N) is 1. The summed E-state index contributed by atoms with van der Waals surface area (Å²) in [6.45, 7) is 3.26. The van der Waals surface area contributed by atoms with E-state index in [4.69, 9.17) is 23.2 Å². The van der Waals surface area contributed by atoms with Crippen molar-refractivity contribution in [3.63, 3.8) is 0 Å². The number of hydrogen-bond donors (Lipinski definition) is 1. The first kappa shape index (κ1) is 27.7. The van der Waals surface area contributed by atoms with Crippen molar-refractivity contribution in [2.75, 3.05) is 26.2 Å². The first-order valence-electron chi connectivity index (χ1n) is 13.3. The van der Waals surface area contributed by atoms with Gasteiger partial charge in [-0.25, -0.2) is 4.79 Å². The van der Waals surface area contributed by atoms with Crippen molar-refractivity contribution in [3.05, 3.63) is 117 Å². The summed E-state index contributed by atoms with van der Waals surface area (Å²) in [5, 5.41) is 3.73. The Morgan fingerprint density at radius 3 is 2.30 bits per heavy atom. The van der Waals surface area contributed by atoms with Gasteiger partial charge in [0.05, 0.1) is 23.9 Å². The average Bonchev–Trinajstić information content (AvgIpc) is 3.27. The Kier molecular flexibility index (Phi) is 8.43. The first-order valence-corrected chi connectivity index (χ1v) is 14.0. The molecule has 1 unspecified atom stereocenters. The summed E-state index contributed by atoms with van der Waals surface area (Å²) in [4.78, 5) is 45.4. The highest BCUT2D eigenvalue weighted by Gasteiger charge is 2.44. The molecule has 1 atom stereocenters. The number of benzene rings is 3. The van der Waals surface area contributed by atoms with Gasteiger partial charge in [0, 0.05) is 29.7 Å². The van der Waals surface area contributed by atoms with E-state index in [9.17, 15) is 14.4 Å². The standard InChI is InChI=1S/C31H30Cl2N4O3/c1-2-37-26-19-36(30(39)28(26)29(34-31(37)40)24-14-13-23(32)17-25(24)33)20-27(38)35(18-22-11-7-4-8-12-22)16-15-21-9-5-3-6-10-21/h3-14,17,29H,2,15-16,18-20H2,1H3,(H,34,40). The molecular formula is C31H30Cl2N4O3. The molecule has 5 rings (SSSR count). The van der Waals surface area contributed by atoms with Gasteiger partial charge in [0.25, 0.3) is 5.91 Å². The van der Waals surface area contributed by atoms with Crippen molar-refractivity contribution in [3.8, 4) is 0 Å². The van der Waals surface area contributed by atoms with Gasteiger partial charge in [-0.05, 0) is 42.2 Å². The molecule has 206 valence electrons. The molecule has 0 bridgehead atoms. The van der Waals surface area contributed by atoms with Gasteiger partial charge in [0.2, 0.25) is 5.91 Å². The predicted octanol–water partition coefficient (Wildman–Crippen LogP) is 5.45. The van der Waals surface area contributed by atoms with E-state index in [1.807, 2.05) is 67.6 Å². The van der Waals surface area contributed by atoms with Gasteiger partial charge in [-0.15, -0.1) is 0 Å². The zero-order valence-corrected chi connectivity index (χ0v) is 23.7. The van der Waals surface area contributed by atoms with Crippen LogP contribution in [-0.2, 0) is 22.6 Å². The van der Waals surface area contributed by atoms with E-state index in [-0.39, 0.29) is 30.9 Å². The number of halogens is 2. The van der Waals surface area contributed by atoms with Crippen molar-refractivity contribution in [1.29, 1.82) is 0 Å². The molecule has 0 radical (unpaired) electrons. The second-order valence-corrected chi connectivity index (χ2v) is 10.7. The number of carbonyl (C=O) groups excluding carboxylic acids is 3. The van der Waals surface area contributed by atoms with E-state index in [1.54, 1.807) is 28.0 Å². The molecule has 2 aliphatic heterocycles. The molecule has 0 aromatic heterocycles. The van der Waals surface area contributed by atoms with Gasteiger partial charge in [-0.2, -0.15) is 0 Å². The van der Waals surface area contributed by atoms with Gasteiger partial charge >= 0.3 is 6.03 Å². The summed E-state index contributed by atoms with van der Waals surface area (Å²) < 4.78 is 0. The minimum atomic E-state index is -0.735. The lowest BCUT2D eigenvalue weighted by atomic mass is 9.95. The molecule has 3 aromatic carbocycles. The summed E-state index contributed by atoms with van der Waals surface area (Å²) in [5.74, 6) is -0.447. The summed E-state index contributed by atoms with van der Waals surface area (Å²) in [5.41, 5.74) is 3.75. The van der Waals surface area contributed by atoms with Crippen LogP contribution >= 0.6 is 23.2 Å². The molecular weight excluding hydrogens is 547 g/mol. The van der Waals surface area contributed by atoms with Gasteiger partial charge in [-0.3, -0.25) is 14.5 Å². The molecule has 0 aliphatic carbocycles. The van der Waals surface area contributed by atoms with Crippen LogP contribution in [0.3, 0.4) is 0 Å². The quantitative estimate of drug-likeness (QED) is 0.368. The smallest absolute Gasteiger partial charge is 0.322 e. The van der Waals surface area contributed by atoms with Crippen molar-refractivity contribution >= 4 is 41.0 Å². The lowest BCUT2D eigenvalue weighted by Crippen LogP contribution is -2.47. The third kappa shape index (κ3) is 5.86. The normalized spacial score (nSPS) is 16.7. The van der Waals surface area contributed by atoms with Crippen LogP contribution < -0.4 is 5.32 Å². The summed E-state index contributed by atoms with van der Waals surface area (Å²) in [7, 11) is 0. The highest BCUT2D eigenvalue weighted by molar-refractivity contribution is 6.35. The molecule has 2 aliphatic rings. The third-order valence-electron chi connectivity index (χ3n) is 7.29. The molecule has 0 saturated heterocycles. The lowest BCUT2D eigenvalue weighted by Gasteiger charge is -2.33. The maximum Gasteiger partial charge on any atom is 0.322 e. The van der Waals surface area contributed by atoms with Crippen LogP contribution in [0.1, 0.15) is 29.7 Å². The molecule has 7 nitrogen and oxygen atoms in total. The Hall–Kier alpha value is -3.81. The van der Waals surface area contributed by atoms with Crippen molar-refractivity contribution in [2.24, 2.45) is 0 Å². The van der Waals surface area contributed by atoms with E-state index in [1.165, 1.54) is 4.90 Å². The molecule has 1 N–H and O–H groups in total. The van der Waals surface area contributed by atoms with Crippen LogP contribution in [0.15, 0.2) is 90.1 Å². The van der Waals surface area contributed by atoms with Gasteiger partial charge < -0.3 is 15.1 Å². The van der Waals surface area contributed by atoms with E-state index in [0.717, 1.165) is 11.1 Å². The molecule has 4 amide bonds. The fourth-order valence-electron chi connectivity index (χ4n) is 5.25. The number of nitrogens with zero attached hydrogens (tertiary/aromatic N) is 3. The van der Waals surface area contributed by atoms with Gasteiger partial charge in [0.15, 0.2) is 0 Å². The summed E-state index contributed by atoms with van der Waals surface area (Å²) in [6.07, 6.45) is 0.696. The summed E-state index contributed by atoms with van der Waals surface area (Å²) >= 11 is 12.6. The minimum absolute atomic E-state index is 0.0970. The van der Waals surface area contributed by atoms with Crippen LogP contribution in [0.25, 0.3) is 0 Å². The monoisotopic (exact) mass is 576 g/mol. The number of amides is 4. The van der Waals surface area contributed by atoms with E-state index >= 15 is 0 Å². The van der Waals surface area contributed by atoms with E-state index in [2.05, 4.69) is 5.32 Å². The van der Waals surface area contributed by atoms with E-state index < -0.39 is 6.04 Å². The topological polar surface area (TPSA) is 73.0 Å². The lowest BCUT2D eigenvalue weighted by molar-refractivity contribution is -0.138. The zero-order chi connectivity index (χ0) is 28.2. The molecule has 0 saturated carbocycles. The summed E-state index contributed by atoms with van der Waals surface area (Å²) in [6, 6.07) is 23.8. The SMILES string of the molecule is CCN1C(=O)NC(c2ccc(Cl)cc2Cl)C2=C1CN(CC(=O)N(CCc1ccccc1)Cc1ccccc1)C2=O. The van der Waals surface area contributed by atoms with Crippen molar-refractivity contribution in [2.45, 2.75) is 25.9 Å². The molecule has 3 aromatic rings. The third-order valence-corrected chi connectivity index (χ3v) is 7.86. The first-order chi connectivity index (χ1) is 19.4. The second kappa shape index (κ2) is 12.1. The second-order valence-electron chi connectivity index (χ2n) is 9.85. The zero-order valence-electron chi connectivity index (χ0n) is 22.1. The maximum atomic E-state index is 13.8. The van der Waals surface area contributed by atoms with Crippen LogP contribution in [0, 0.1) is 0 Å². The van der Waals surface area contributed by atoms with Crippen molar-refractivity contribution < 1.29 is 14.4 Å². The van der Waals surface area contributed by atoms with Crippen LogP contribution in [-0.4, -0.2) is 58.7 Å². The Morgan fingerprint density at radius 2 is 1.65 bits per heavy atom. The number of rotatable bonds is 9. The molecule has 40 heavy (non-hydrogen) atoms. The molecule has 0 spiro atoms. The largest absolute Gasteiger partial charge is 0.337 e. The number of urea groups is 1.